The van der Waals surface area contributed by atoms with Crippen LogP contribution in [0.25, 0.3) is 5.69 Å². The quantitative estimate of drug-likeness (QED) is 0.251. The monoisotopic (exact) mass is 435 g/mol. The summed E-state index contributed by atoms with van der Waals surface area (Å²) in [7, 11) is 1.09. The molecule has 0 aliphatic heterocycles. The second-order valence-corrected chi connectivity index (χ2v) is 6.82. The molecule has 3 rings (SSSR count). The minimum Gasteiger partial charge on any atom is -0.755 e. The zero-order chi connectivity index (χ0) is 21.1. The van der Waals surface area contributed by atoms with Crippen LogP contribution in [0.4, 0.5) is 17.1 Å². The van der Waals surface area contributed by atoms with Crippen LogP contribution < -0.4 is 4.31 Å². The smallest absolute Gasteiger partial charge is 0.340 e. The molecule has 1 atom stereocenters. The molecule has 10 nitrogen and oxygen atoms in total. The molecule has 0 bridgehead atoms. The fourth-order valence-corrected chi connectivity index (χ4v) is 3.26. The molecular formula is C17H12ClN4O6S-. The third kappa shape index (κ3) is 4.26. The van der Waals surface area contributed by atoms with Crippen LogP contribution in [0.2, 0.25) is 5.02 Å². The maximum Gasteiger partial charge on any atom is 0.340 e. The van der Waals surface area contributed by atoms with Gasteiger partial charge in [-0.1, -0.05) is 11.6 Å². The van der Waals surface area contributed by atoms with Crippen LogP contribution in [-0.4, -0.2) is 36.5 Å². The maximum atomic E-state index is 12.1. The molecule has 0 saturated heterocycles. The average molecular weight is 436 g/mol. The van der Waals surface area contributed by atoms with Crippen LogP contribution in [0.5, 0.6) is 0 Å². The number of non-ortho nitro benzene ring substituents is 1. The van der Waals surface area contributed by atoms with Gasteiger partial charge in [0.1, 0.15) is 0 Å². The molecule has 0 spiro atoms. The molecule has 0 radical (unpaired) electrons. The SMILES string of the molecule is COC(=O)c1cc([N+](=O)[O-])ccc1N(c1cnn(-c2ccc(Cl)cc2)c1)S(=O)[O-]. The Morgan fingerprint density at radius 2 is 1.97 bits per heavy atom. The molecule has 0 aliphatic carbocycles. The largest absolute Gasteiger partial charge is 0.755 e. The number of nitrogens with zero attached hydrogens (tertiary/aromatic N) is 4. The van der Waals surface area contributed by atoms with E-state index in [1.165, 1.54) is 17.1 Å². The summed E-state index contributed by atoms with van der Waals surface area (Å²) in [5.41, 5.74) is -0.0688. The summed E-state index contributed by atoms with van der Waals surface area (Å²) < 4.78 is 30.8. The Morgan fingerprint density at radius 3 is 2.55 bits per heavy atom. The van der Waals surface area contributed by atoms with Gasteiger partial charge in [-0.25, -0.2) is 9.48 Å². The van der Waals surface area contributed by atoms with Crippen LogP contribution in [0, 0.1) is 10.1 Å². The predicted molar refractivity (Wildman–Crippen MR) is 104 cm³/mol. The summed E-state index contributed by atoms with van der Waals surface area (Å²) in [5.74, 6) is -0.927. The molecule has 1 unspecified atom stereocenters. The van der Waals surface area contributed by atoms with Gasteiger partial charge < -0.3 is 9.29 Å². The van der Waals surface area contributed by atoms with Crippen molar-refractivity contribution in [1.82, 2.24) is 9.78 Å². The predicted octanol–water partition coefficient (Wildman–Crippen LogP) is 3.15. The molecule has 1 heterocycles. The summed E-state index contributed by atoms with van der Waals surface area (Å²) in [4.78, 5) is 22.4. The lowest BCUT2D eigenvalue weighted by molar-refractivity contribution is -0.384. The second kappa shape index (κ2) is 8.39. The number of ether oxygens (including phenoxy) is 1. The third-order valence-corrected chi connectivity index (χ3v) is 4.82. The van der Waals surface area contributed by atoms with Crippen molar-refractivity contribution in [3.05, 3.63) is 75.6 Å². The van der Waals surface area contributed by atoms with Gasteiger partial charge in [0.15, 0.2) is 0 Å². The van der Waals surface area contributed by atoms with Crippen molar-refractivity contribution >= 4 is 45.9 Å². The van der Waals surface area contributed by atoms with Crippen molar-refractivity contribution in [2.75, 3.05) is 11.4 Å². The van der Waals surface area contributed by atoms with E-state index in [9.17, 15) is 23.7 Å². The number of nitro groups is 1. The lowest BCUT2D eigenvalue weighted by Gasteiger charge is -2.26. The first kappa shape index (κ1) is 20.5. The topological polar surface area (TPSA) is 131 Å². The lowest BCUT2D eigenvalue weighted by atomic mass is 10.1. The first-order valence-electron chi connectivity index (χ1n) is 7.88. The van der Waals surface area contributed by atoms with E-state index in [-0.39, 0.29) is 22.6 Å². The van der Waals surface area contributed by atoms with E-state index in [2.05, 4.69) is 9.84 Å². The number of benzene rings is 2. The molecule has 0 amide bonds. The van der Waals surface area contributed by atoms with Gasteiger partial charge in [0.2, 0.25) is 0 Å². The van der Waals surface area contributed by atoms with E-state index in [0.717, 1.165) is 29.6 Å². The Labute approximate surface area is 171 Å². The molecule has 2 aromatic carbocycles. The van der Waals surface area contributed by atoms with Gasteiger partial charge in [0, 0.05) is 17.2 Å². The number of rotatable bonds is 6. The molecule has 0 fully saturated rings. The number of esters is 1. The number of halogens is 1. The Hall–Kier alpha value is -3.28. The number of carbonyl (C=O) groups excluding carboxylic acids is 1. The number of hydrogen-bond donors (Lipinski definition) is 0. The zero-order valence-electron chi connectivity index (χ0n) is 14.7. The number of methoxy groups -OCH3 is 1. The van der Waals surface area contributed by atoms with Gasteiger partial charge in [-0.2, -0.15) is 5.10 Å². The van der Waals surface area contributed by atoms with E-state index in [1.807, 2.05) is 0 Å². The van der Waals surface area contributed by atoms with Crippen LogP contribution in [0.15, 0.2) is 54.9 Å². The number of nitro benzene ring substituents is 1. The van der Waals surface area contributed by atoms with E-state index >= 15 is 0 Å². The lowest BCUT2D eigenvalue weighted by Crippen LogP contribution is -2.22. The zero-order valence-corrected chi connectivity index (χ0v) is 16.3. The van der Waals surface area contributed by atoms with Crippen molar-refractivity contribution in [3.8, 4) is 5.69 Å². The highest BCUT2D eigenvalue weighted by molar-refractivity contribution is 7.81. The first-order chi connectivity index (χ1) is 13.8. The highest BCUT2D eigenvalue weighted by Gasteiger charge is 2.24. The van der Waals surface area contributed by atoms with E-state index < -0.39 is 22.2 Å². The Morgan fingerprint density at radius 1 is 1.28 bits per heavy atom. The highest BCUT2D eigenvalue weighted by atomic mass is 35.5. The summed E-state index contributed by atoms with van der Waals surface area (Å²) in [5, 5.41) is 15.7. The van der Waals surface area contributed by atoms with Crippen LogP contribution in [-0.2, 0) is 16.0 Å². The summed E-state index contributed by atoms with van der Waals surface area (Å²) in [6.07, 6.45) is 2.69. The molecule has 1 aromatic heterocycles. The van der Waals surface area contributed by atoms with E-state index in [4.69, 9.17) is 11.6 Å². The van der Waals surface area contributed by atoms with Gasteiger partial charge in [-0.05, 0) is 30.3 Å². The average Bonchev–Trinajstić information content (AvgIpc) is 3.17. The minimum atomic E-state index is -2.87. The van der Waals surface area contributed by atoms with Crippen LogP contribution >= 0.6 is 11.6 Å². The van der Waals surface area contributed by atoms with Gasteiger partial charge in [-0.3, -0.25) is 18.6 Å². The van der Waals surface area contributed by atoms with Gasteiger partial charge in [-0.15, -0.1) is 0 Å². The third-order valence-electron chi connectivity index (χ3n) is 3.86. The normalized spacial score (nSPS) is 11.7. The second-order valence-electron chi connectivity index (χ2n) is 5.58. The number of anilines is 2. The summed E-state index contributed by atoms with van der Waals surface area (Å²) >= 11 is 2.99. The van der Waals surface area contributed by atoms with Crippen molar-refractivity contribution in [3.63, 3.8) is 0 Å². The molecule has 150 valence electrons. The molecular weight excluding hydrogens is 424 g/mol. The van der Waals surface area contributed by atoms with Crippen molar-refractivity contribution < 1.29 is 23.2 Å². The van der Waals surface area contributed by atoms with Crippen molar-refractivity contribution in [1.29, 1.82) is 0 Å². The van der Waals surface area contributed by atoms with Crippen molar-refractivity contribution in [2.24, 2.45) is 0 Å². The fourth-order valence-electron chi connectivity index (χ4n) is 2.55. The van der Waals surface area contributed by atoms with Crippen LogP contribution in [0.3, 0.4) is 0 Å². The van der Waals surface area contributed by atoms with Gasteiger partial charge >= 0.3 is 5.97 Å². The Balaban J connectivity index is 2.09. The van der Waals surface area contributed by atoms with Crippen LogP contribution in [0.1, 0.15) is 10.4 Å². The highest BCUT2D eigenvalue weighted by Crippen LogP contribution is 2.33. The van der Waals surface area contributed by atoms with Gasteiger partial charge in [0.25, 0.3) is 5.69 Å². The first-order valence-corrected chi connectivity index (χ1v) is 9.29. The standard InChI is InChI=1S/C17H13ClN4O6S/c1-28-17(23)15-8-13(22(24)25)6-7-16(15)21(29(26)27)14-9-19-20(10-14)12-4-2-11(18)3-5-12/h2-10H,1H3,(H,26,27)/p-1. The van der Waals surface area contributed by atoms with Gasteiger partial charge in [0.05, 0.1) is 58.3 Å². The van der Waals surface area contributed by atoms with E-state index in [1.54, 1.807) is 24.3 Å². The molecule has 0 aliphatic rings. The van der Waals surface area contributed by atoms with E-state index in [0.29, 0.717) is 10.7 Å². The maximum absolute atomic E-state index is 12.1. The number of hydrogen-bond acceptors (Lipinski definition) is 7. The summed E-state index contributed by atoms with van der Waals surface area (Å²) in [6.45, 7) is 0. The molecule has 3 aromatic rings. The molecule has 0 N–H and O–H groups in total. The number of aromatic nitrogens is 2. The molecule has 29 heavy (non-hydrogen) atoms. The Kier molecular flexibility index (Phi) is 5.92. The number of carbonyl (C=O) groups is 1. The van der Waals surface area contributed by atoms with Crippen molar-refractivity contribution in [2.45, 2.75) is 0 Å². The molecule has 0 saturated carbocycles. The summed E-state index contributed by atoms with van der Waals surface area (Å²) in [6, 6.07) is 9.85. The fraction of sp³-hybridized carbons (Fsp3) is 0.0588. The minimum absolute atomic E-state index is 0.104. The Bertz CT molecular complexity index is 1100. The molecule has 12 heteroatoms.